The number of ether oxygens (including phenoxy) is 1. The maximum atomic E-state index is 14.0. The van der Waals surface area contributed by atoms with E-state index in [9.17, 15) is 4.39 Å². The number of nitrogens with one attached hydrogen (secondary N) is 1. The molecule has 1 fully saturated rings. The summed E-state index contributed by atoms with van der Waals surface area (Å²) in [7, 11) is 0. The van der Waals surface area contributed by atoms with Crippen molar-refractivity contribution in [2.75, 3.05) is 18.5 Å². The van der Waals surface area contributed by atoms with Gasteiger partial charge in [0, 0.05) is 36.9 Å². The van der Waals surface area contributed by atoms with Crippen LogP contribution in [0, 0.1) is 24.1 Å². The van der Waals surface area contributed by atoms with E-state index in [1.807, 2.05) is 19.1 Å². The van der Waals surface area contributed by atoms with Crippen molar-refractivity contribution in [1.29, 1.82) is 5.26 Å². The zero-order valence-electron chi connectivity index (χ0n) is 14.9. The van der Waals surface area contributed by atoms with Gasteiger partial charge in [0.15, 0.2) is 0 Å². The molecule has 0 radical (unpaired) electrons. The normalized spacial score (nSPS) is 15.0. The molecule has 8 heteroatoms. The van der Waals surface area contributed by atoms with Gasteiger partial charge in [-0.1, -0.05) is 0 Å². The molecule has 1 saturated heterocycles. The van der Waals surface area contributed by atoms with Crippen molar-refractivity contribution in [2.45, 2.75) is 32.2 Å². The highest BCUT2D eigenvalue weighted by Gasteiger charge is 2.21. The number of benzene rings is 1. The number of nitriles is 1. The summed E-state index contributed by atoms with van der Waals surface area (Å²) in [5.41, 5.74) is 2.76. The Morgan fingerprint density at radius 2 is 2.11 bits per heavy atom. The summed E-state index contributed by atoms with van der Waals surface area (Å²) in [5.74, 6) is 0.873. The smallest absolute Gasteiger partial charge is 0.254 e. The van der Waals surface area contributed by atoms with E-state index in [1.165, 1.54) is 18.2 Å². The highest BCUT2D eigenvalue weighted by atomic mass is 19.1. The van der Waals surface area contributed by atoms with E-state index >= 15 is 0 Å². The Morgan fingerprint density at radius 3 is 2.89 bits per heavy atom. The van der Waals surface area contributed by atoms with Gasteiger partial charge in [-0.25, -0.2) is 9.37 Å². The van der Waals surface area contributed by atoms with Gasteiger partial charge in [-0.05, 0) is 44.0 Å². The lowest BCUT2D eigenvalue weighted by Crippen LogP contribution is -2.17. The quantitative estimate of drug-likeness (QED) is 0.764. The maximum Gasteiger partial charge on any atom is 0.254 e. The lowest BCUT2D eigenvalue weighted by molar-refractivity contribution is 0.0840. The molecule has 0 amide bonds. The van der Waals surface area contributed by atoms with Crippen molar-refractivity contribution in [3.8, 4) is 6.07 Å². The molecule has 0 spiro atoms. The van der Waals surface area contributed by atoms with Gasteiger partial charge in [0.25, 0.3) is 5.78 Å². The van der Waals surface area contributed by atoms with E-state index in [0.717, 1.165) is 37.4 Å². The number of fused-ring (bicyclic) bond motifs is 1. The van der Waals surface area contributed by atoms with E-state index < -0.39 is 0 Å². The number of anilines is 1. The molecule has 7 nitrogen and oxygen atoms in total. The number of rotatable bonds is 4. The molecule has 0 saturated carbocycles. The van der Waals surface area contributed by atoms with Crippen LogP contribution in [0.15, 0.2) is 24.3 Å². The molecule has 0 atom stereocenters. The molecular weight excluding hydrogens is 347 g/mol. The van der Waals surface area contributed by atoms with Crippen molar-refractivity contribution in [2.24, 2.45) is 0 Å². The minimum atomic E-state index is -0.373. The molecule has 1 N–H and O–H groups in total. The lowest BCUT2D eigenvalue weighted by Gasteiger charge is -2.22. The molecule has 4 rings (SSSR count). The molecule has 3 aromatic rings. The van der Waals surface area contributed by atoms with Crippen LogP contribution >= 0.6 is 0 Å². The summed E-state index contributed by atoms with van der Waals surface area (Å²) < 4.78 is 21.2. The summed E-state index contributed by atoms with van der Waals surface area (Å²) >= 11 is 0. The van der Waals surface area contributed by atoms with E-state index in [4.69, 9.17) is 10.00 Å². The Bertz CT molecular complexity index is 1020. The van der Waals surface area contributed by atoms with Gasteiger partial charge in [0.05, 0.1) is 17.3 Å². The minimum absolute atomic E-state index is 0.184. The average molecular weight is 366 g/mol. The SMILES string of the molecule is Cc1cc(C2CCOCC2)n2nc(NCc3cc(C#N)ccc3F)nc2n1. The van der Waals surface area contributed by atoms with Crippen molar-refractivity contribution in [1.82, 2.24) is 19.6 Å². The van der Waals surface area contributed by atoms with Crippen molar-refractivity contribution >= 4 is 11.7 Å². The van der Waals surface area contributed by atoms with Gasteiger partial charge in [-0.2, -0.15) is 14.8 Å². The second-order valence-electron chi connectivity index (χ2n) is 6.63. The predicted octanol–water partition coefficient (Wildman–Crippen LogP) is 2.95. The fraction of sp³-hybridized carbons (Fsp3) is 0.368. The molecule has 1 aromatic carbocycles. The summed E-state index contributed by atoms with van der Waals surface area (Å²) in [5, 5.41) is 16.5. The van der Waals surface area contributed by atoms with E-state index in [-0.39, 0.29) is 12.4 Å². The van der Waals surface area contributed by atoms with Crippen LogP contribution in [-0.2, 0) is 11.3 Å². The molecule has 0 aliphatic carbocycles. The summed E-state index contributed by atoms with van der Waals surface area (Å²) in [6.45, 7) is 3.60. The second kappa shape index (κ2) is 7.29. The first-order valence-corrected chi connectivity index (χ1v) is 8.88. The molecule has 27 heavy (non-hydrogen) atoms. The third-order valence-corrected chi connectivity index (χ3v) is 4.72. The molecule has 0 unspecified atom stereocenters. The van der Waals surface area contributed by atoms with Gasteiger partial charge in [-0.3, -0.25) is 0 Å². The number of nitrogens with zero attached hydrogens (tertiary/aromatic N) is 5. The first-order chi connectivity index (χ1) is 13.1. The van der Waals surface area contributed by atoms with Crippen LogP contribution < -0.4 is 5.32 Å². The fourth-order valence-electron chi connectivity index (χ4n) is 3.33. The molecule has 2 aromatic heterocycles. The summed E-state index contributed by atoms with van der Waals surface area (Å²) in [4.78, 5) is 8.88. The highest BCUT2D eigenvalue weighted by molar-refractivity contribution is 5.41. The topological polar surface area (TPSA) is 88.1 Å². The third kappa shape index (κ3) is 3.59. The number of aryl methyl sites for hydroxylation is 1. The molecule has 1 aliphatic rings. The van der Waals surface area contributed by atoms with Gasteiger partial charge in [0.1, 0.15) is 5.82 Å². The number of halogens is 1. The molecular formula is C19H19FN6O. The van der Waals surface area contributed by atoms with Crippen LogP contribution in [0.3, 0.4) is 0 Å². The van der Waals surface area contributed by atoms with Crippen LogP contribution in [0.5, 0.6) is 0 Å². The van der Waals surface area contributed by atoms with Crippen LogP contribution in [0.2, 0.25) is 0 Å². The lowest BCUT2D eigenvalue weighted by atomic mass is 9.96. The standard InChI is InChI=1S/C19H19FN6O/c1-12-8-17(14-4-6-27-7-5-14)26-19(23-12)24-18(25-26)22-11-15-9-13(10-21)2-3-16(15)20/h2-3,8-9,14H,4-7,11H2,1H3,(H,22,25). The van der Waals surface area contributed by atoms with Crippen molar-refractivity contribution in [3.63, 3.8) is 0 Å². The maximum absolute atomic E-state index is 14.0. The van der Waals surface area contributed by atoms with Gasteiger partial charge in [-0.15, -0.1) is 5.10 Å². The first-order valence-electron chi connectivity index (χ1n) is 8.88. The minimum Gasteiger partial charge on any atom is -0.381 e. The van der Waals surface area contributed by atoms with Crippen molar-refractivity contribution < 1.29 is 9.13 Å². The second-order valence-corrected chi connectivity index (χ2v) is 6.63. The number of hydrogen-bond acceptors (Lipinski definition) is 6. The molecule has 138 valence electrons. The Hall–Kier alpha value is -3.05. The monoisotopic (exact) mass is 366 g/mol. The summed E-state index contributed by atoms with van der Waals surface area (Å²) in [6, 6.07) is 8.32. The fourth-order valence-corrected chi connectivity index (χ4v) is 3.33. The first kappa shape index (κ1) is 17.4. The Balaban J connectivity index is 1.61. The molecule has 0 bridgehead atoms. The van der Waals surface area contributed by atoms with Crippen LogP contribution in [0.1, 0.15) is 41.3 Å². The van der Waals surface area contributed by atoms with E-state index in [2.05, 4.69) is 20.4 Å². The summed E-state index contributed by atoms with van der Waals surface area (Å²) in [6.07, 6.45) is 1.88. The largest absolute Gasteiger partial charge is 0.381 e. The van der Waals surface area contributed by atoms with Crippen LogP contribution in [0.25, 0.3) is 5.78 Å². The highest BCUT2D eigenvalue weighted by Crippen LogP contribution is 2.27. The van der Waals surface area contributed by atoms with Crippen LogP contribution in [-0.4, -0.2) is 32.8 Å². The molecule has 3 heterocycles. The van der Waals surface area contributed by atoms with E-state index in [0.29, 0.717) is 28.8 Å². The zero-order valence-corrected chi connectivity index (χ0v) is 14.9. The number of aromatic nitrogens is 4. The van der Waals surface area contributed by atoms with Gasteiger partial charge >= 0.3 is 0 Å². The Labute approximate surface area is 155 Å². The zero-order chi connectivity index (χ0) is 18.8. The van der Waals surface area contributed by atoms with Gasteiger partial charge in [0.2, 0.25) is 5.95 Å². The predicted molar refractivity (Wildman–Crippen MR) is 96.8 cm³/mol. The van der Waals surface area contributed by atoms with Gasteiger partial charge < -0.3 is 10.1 Å². The number of hydrogen-bond donors (Lipinski definition) is 1. The Kier molecular flexibility index (Phi) is 4.69. The van der Waals surface area contributed by atoms with Crippen LogP contribution in [0.4, 0.5) is 10.3 Å². The van der Waals surface area contributed by atoms with Crippen molar-refractivity contribution in [3.05, 3.63) is 52.6 Å². The molecule has 1 aliphatic heterocycles. The van der Waals surface area contributed by atoms with E-state index in [1.54, 1.807) is 4.52 Å². The Morgan fingerprint density at radius 1 is 1.30 bits per heavy atom. The third-order valence-electron chi connectivity index (χ3n) is 4.72. The average Bonchev–Trinajstić information content (AvgIpc) is 3.10.